The number of amides is 1. The molecule has 1 aromatic rings. The molecule has 0 unspecified atom stereocenters. The Balaban J connectivity index is 2.08. The standard InChI is InChI=1S/C15H23N3O2/c1-4-20-10-11(2)17-13-8-14(19)18(3)15(13)12-6-5-7-16-9-12/h5-7,9,11,13,15,17H,4,8,10H2,1-3H3/t11-,13+,15-/m0/s1. The number of nitrogens with one attached hydrogen (secondary N) is 1. The van der Waals surface area contributed by atoms with E-state index in [1.54, 1.807) is 6.20 Å². The molecule has 20 heavy (non-hydrogen) atoms. The summed E-state index contributed by atoms with van der Waals surface area (Å²) < 4.78 is 5.43. The first-order valence-corrected chi connectivity index (χ1v) is 7.12. The summed E-state index contributed by atoms with van der Waals surface area (Å²) in [5, 5.41) is 3.51. The highest BCUT2D eigenvalue weighted by Gasteiger charge is 2.38. The Bertz CT molecular complexity index is 438. The maximum absolute atomic E-state index is 12.0. The quantitative estimate of drug-likeness (QED) is 0.853. The normalized spacial score (nSPS) is 24.1. The molecule has 1 aliphatic rings. The second-order valence-corrected chi connectivity index (χ2v) is 5.27. The zero-order chi connectivity index (χ0) is 14.5. The van der Waals surface area contributed by atoms with Crippen molar-refractivity contribution >= 4 is 5.91 Å². The Morgan fingerprint density at radius 1 is 1.60 bits per heavy atom. The van der Waals surface area contributed by atoms with Gasteiger partial charge in [0, 0.05) is 44.6 Å². The Morgan fingerprint density at radius 3 is 3.05 bits per heavy atom. The Morgan fingerprint density at radius 2 is 2.40 bits per heavy atom. The fourth-order valence-electron chi connectivity index (χ4n) is 2.73. The van der Waals surface area contributed by atoms with Crippen LogP contribution in [0.1, 0.15) is 31.9 Å². The summed E-state index contributed by atoms with van der Waals surface area (Å²) in [7, 11) is 1.86. The lowest BCUT2D eigenvalue weighted by Gasteiger charge is -2.28. The van der Waals surface area contributed by atoms with E-state index in [2.05, 4.69) is 17.2 Å². The van der Waals surface area contributed by atoms with E-state index in [1.807, 2.05) is 37.2 Å². The van der Waals surface area contributed by atoms with Gasteiger partial charge in [0.25, 0.3) is 0 Å². The van der Waals surface area contributed by atoms with E-state index in [0.29, 0.717) is 19.6 Å². The van der Waals surface area contributed by atoms with Crippen molar-refractivity contribution in [3.63, 3.8) is 0 Å². The molecule has 1 amide bonds. The molecule has 5 nitrogen and oxygen atoms in total. The Labute approximate surface area is 120 Å². The lowest BCUT2D eigenvalue weighted by molar-refractivity contribution is -0.127. The predicted molar refractivity (Wildman–Crippen MR) is 77.2 cm³/mol. The lowest BCUT2D eigenvalue weighted by atomic mass is 10.0. The highest BCUT2D eigenvalue weighted by molar-refractivity contribution is 5.80. The molecular formula is C15H23N3O2. The van der Waals surface area contributed by atoms with Gasteiger partial charge in [-0.2, -0.15) is 0 Å². The summed E-state index contributed by atoms with van der Waals surface area (Å²) in [5.74, 6) is 0.167. The van der Waals surface area contributed by atoms with E-state index in [-0.39, 0.29) is 24.0 Å². The average Bonchev–Trinajstić information content (AvgIpc) is 2.72. The molecular weight excluding hydrogens is 254 g/mol. The number of nitrogens with zero attached hydrogens (tertiary/aromatic N) is 2. The van der Waals surface area contributed by atoms with Crippen molar-refractivity contribution in [3.05, 3.63) is 30.1 Å². The van der Waals surface area contributed by atoms with Gasteiger partial charge in [0.05, 0.1) is 12.6 Å². The van der Waals surface area contributed by atoms with Crippen molar-refractivity contribution in [2.75, 3.05) is 20.3 Å². The van der Waals surface area contributed by atoms with E-state index >= 15 is 0 Å². The van der Waals surface area contributed by atoms with E-state index in [0.717, 1.165) is 5.56 Å². The van der Waals surface area contributed by atoms with E-state index in [4.69, 9.17) is 4.74 Å². The molecule has 0 saturated carbocycles. The van der Waals surface area contributed by atoms with Crippen LogP contribution in [0, 0.1) is 0 Å². The molecule has 0 aliphatic carbocycles. The van der Waals surface area contributed by atoms with Crippen LogP contribution in [0.15, 0.2) is 24.5 Å². The summed E-state index contributed by atoms with van der Waals surface area (Å²) in [5.41, 5.74) is 1.07. The number of carbonyl (C=O) groups excluding carboxylic acids is 1. The maximum Gasteiger partial charge on any atom is 0.224 e. The molecule has 1 fully saturated rings. The average molecular weight is 277 g/mol. The number of aromatic nitrogens is 1. The van der Waals surface area contributed by atoms with E-state index < -0.39 is 0 Å². The third-order valence-electron chi connectivity index (χ3n) is 3.68. The Kier molecular flexibility index (Phi) is 5.09. The Hall–Kier alpha value is -1.46. The van der Waals surface area contributed by atoms with Crippen LogP contribution in [0.4, 0.5) is 0 Å². The molecule has 1 aromatic heterocycles. The van der Waals surface area contributed by atoms with Crippen molar-refractivity contribution in [1.82, 2.24) is 15.2 Å². The molecule has 0 bridgehead atoms. The van der Waals surface area contributed by atoms with Gasteiger partial charge in [0.2, 0.25) is 5.91 Å². The monoisotopic (exact) mass is 277 g/mol. The lowest BCUT2D eigenvalue weighted by Crippen LogP contribution is -2.42. The van der Waals surface area contributed by atoms with Crippen LogP contribution in [-0.2, 0) is 9.53 Å². The fourth-order valence-corrected chi connectivity index (χ4v) is 2.73. The number of ether oxygens (including phenoxy) is 1. The summed E-state index contributed by atoms with van der Waals surface area (Å²) in [6.45, 7) is 5.43. The molecule has 0 aromatic carbocycles. The number of likely N-dealkylation sites (tertiary alicyclic amines) is 1. The summed E-state index contributed by atoms with van der Waals surface area (Å²) in [6.07, 6.45) is 4.11. The summed E-state index contributed by atoms with van der Waals surface area (Å²) in [4.78, 5) is 18.0. The molecule has 5 heteroatoms. The van der Waals surface area contributed by atoms with Gasteiger partial charge in [0.1, 0.15) is 0 Å². The number of hydrogen-bond acceptors (Lipinski definition) is 4. The van der Waals surface area contributed by atoms with Gasteiger partial charge in [-0.15, -0.1) is 0 Å². The van der Waals surface area contributed by atoms with Gasteiger partial charge in [-0.1, -0.05) is 6.07 Å². The molecule has 3 atom stereocenters. The zero-order valence-electron chi connectivity index (χ0n) is 12.4. The zero-order valence-corrected chi connectivity index (χ0v) is 12.4. The molecule has 2 rings (SSSR count). The molecule has 0 spiro atoms. The second kappa shape index (κ2) is 6.81. The molecule has 110 valence electrons. The van der Waals surface area contributed by atoms with Crippen molar-refractivity contribution in [3.8, 4) is 0 Å². The first-order valence-electron chi connectivity index (χ1n) is 7.12. The second-order valence-electron chi connectivity index (χ2n) is 5.27. The third kappa shape index (κ3) is 3.35. The van der Waals surface area contributed by atoms with Crippen LogP contribution in [-0.4, -0.2) is 48.1 Å². The SMILES string of the molecule is CCOC[C@H](C)N[C@@H]1CC(=O)N(C)[C@H]1c1cccnc1. The number of rotatable bonds is 6. The molecule has 0 radical (unpaired) electrons. The topological polar surface area (TPSA) is 54.5 Å². The van der Waals surface area contributed by atoms with Crippen LogP contribution in [0.25, 0.3) is 0 Å². The smallest absolute Gasteiger partial charge is 0.224 e. The van der Waals surface area contributed by atoms with Crippen LogP contribution in [0.3, 0.4) is 0 Å². The first-order chi connectivity index (χ1) is 9.63. The van der Waals surface area contributed by atoms with Gasteiger partial charge >= 0.3 is 0 Å². The van der Waals surface area contributed by atoms with Crippen molar-refractivity contribution in [2.45, 2.75) is 38.4 Å². The van der Waals surface area contributed by atoms with Gasteiger partial charge in [-0.3, -0.25) is 9.78 Å². The highest BCUT2D eigenvalue weighted by Crippen LogP contribution is 2.31. The van der Waals surface area contributed by atoms with Gasteiger partial charge in [0.15, 0.2) is 0 Å². The molecule has 1 saturated heterocycles. The number of likely N-dealkylation sites (N-methyl/N-ethyl adjacent to an activating group) is 1. The summed E-state index contributed by atoms with van der Waals surface area (Å²) >= 11 is 0. The number of pyridine rings is 1. The minimum Gasteiger partial charge on any atom is -0.380 e. The number of hydrogen-bond donors (Lipinski definition) is 1. The number of carbonyl (C=O) groups is 1. The first kappa shape index (κ1) is 14.9. The van der Waals surface area contributed by atoms with Crippen molar-refractivity contribution < 1.29 is 9.53 Å². The van der Waals surface area contributed by atoms with Crippen LogP contribution in [0.2, 0.25) is 0 Å². The van der Waals surface area contributed by atoms with E-state index in [9.17, 15) is 4.79 Å². The van der Waals surface area contributed by atoms with E-state index in [1.165, 1.54) is 0 Å². The minimum absolute atomic E-state index is 0.0419. The van der Waals surface area contributed by atoms with Crippen molar-refractivity contribution in [1.29, 1.82) is 0 Å². The van der Waals surface area contributed by atoms with Gasteiger partial charge in [-0.25, -0.2) is 0 Å². The van der Waals surface area contributed by atoms with Gasteiger partial charge in [-0.05, 0) is 25.5 Å². The van der Waals surface area contributed by atoms with Crippen LogP contribution < -0.4 is 5.32 Å². The highest BCUT2D eigenvalue weighted by atomic mass is 16.5. The summed E-state index contributed by atoms with van der Waals surface area (Å²) in [6, 6.07) is 4.30. The largest absolute Gasteiger partial charge is 0.380 e. The molecule has 1 N–H and O–H groups in total. The molecule has 2 heterocycles. The maximum atomic E-state index is 12.0. The van der Waals surface area contributed by atoms with Crippen LogP contribution >= 0.6 is 0 Å². The van der Waals surface area contributed by atoms with Gasteiger partial charge < -0.3 is 15.0 Å². The predicted octanol–water partition coefficient (Wildman–Crippen LogP) is 1.37. The molecule has 1 aliphatic heterocycles. The van der Waals surface area contributed by atoms with Crippen molar-refractivity contribution in [2.24, 2.45) is 0 Å². The van der Waals surface area contributed by atoms with Crippen LogP contribution in [0.5, 0.6) is 0 Å². The minimum atomic E-state index is 0.0419. The third-order valence-corrected chi connectivity index (χ3v) is 3.68. The fraction of sp³-hybridized carbons (Fsp3) is 0.600.